The zero-order chi connectivity index (χ0) is 12.0. The average Bonchev–Trinajstić information content (AvgIpc) is 2.23. The van der Waals surface area contributed by atoms with E-state index in [0.29, 0.717) is 5.92 Å². The first-order chi connectivity index (χ1) is 7.63. The van der Waals surface area contributed by atoms with Crippen LogP contribution < -0.4 is 10.6 Å². The summed E-state index contributed by atoms with van der Waals surface area (Å²) in [6, 6.07) is 2.03. The van der Waals surface area contributed by atoms with Gasteiger partial charge in [0.1, 0.15) is 12.1 Å². The Morgan fingerprint density at radius 2 is 2.12 bits per heavy atom. The number of anilines is 1. The van der Waals surface area contributed by atoms with Gasteiger partial charge in [0.05, 0.1) is 0 Å². The van der Waals surface area contributed by atoms with Gasteiger partial charge in [-0.1, -0.05) is 13.8 Å². The van der Waals surface area contributed by atoms with Crippen LogP contribution in [0.5, 0.6) is 0 Å². The fourth-order valence-corrected chi connectivity index (χ4v) is 1.64. The Morgan fingerprint density at radius 1 is 1.38 bits per heavy atom. The van der Waals surface area contributed by atoms with Gasteiger partial charge in [0.15, 0.2) is 0 Å². The lowest BCUT2D eigenvalue weighted by Crippen LogP contribution is -2.30. The van der Waals surface area contributed by atoms with Crippen LogP contribution in [0.15, 0.2) is 12.4 Å². The standard InChI is InChI=1S/C12H22N4/c1-10(2)8-16(6-4-5-13)12-7-11(3)14-9-15-12/h7,9-10H,4-6,8,13H2,1-3H3. The lowest BCUT2D eigenvalue weighted by Gasteiger charge is -2.25. The fourth-order valence-electron chi connectivity index (χ4n) is 1.64. The Balaban J connectivity index is 2.74. The summed E-state index contributed by atoms with van der Waals surface area (Å²) in [5, 5.41) is 0. The van der Waals surface area contributed by atoms with Crippen LogP contribution >= 0.6 is 0 Å². The summed E-state index contributed by atoms with van der Waals surface area (Å²) in [6.07, 6.45) is 2.62. The van der Waals surface area contributed by atoms with Crippen LogP contribution in [-0.4, -0.2) is 29.6 Å². The van der Waals surface area contributed by atoms with Gasteiger partial charge in [-0.15, -0.1) is 0 Å². The summed E-state index contributed by atoms with van der Waals surface area (Å²) in [5.41, 5.74) is 6.56. The van der Waals surface area contributed by atoms with E-state index in [-0.39, 0.29) is 0 Å². The van der Waals surface area contributed by atoms with E-state index in [1.54, 1.807) is 6.33 Å². The summed E-state index contributed by atoms with van der Waals surface area (Å²) in [5.74, 6) is 1.63. The second-order valence-electron chi connectivity index (χ2n) is 4.50. The Bertz CT molecular complexity index is 312. The first-order valence-electron chi connectivity index (χ1n) is 5.87. The van der Waals surface area contributed by atoms with Crippen molar-refractivity contribution in [1.29, 1.82) is 0 Å². The lowest BCUT2D eigenvalue weighted by molar-refractivity contribution is 0.595. The smallest absolute Gasteiger partial charge is 0.132 e. The molecule has 0 aliphatic rings. The Labute approximate surface area is 97.9 Å². The zero-order valence-electron chi connectivity index (χ0n) is 10.5. The number of aromatic nitrogens is 2. The first kappa shape index (κ1) is 12.9. The third kappa shape index (κ3) is 4.14. The number of nitrogens with zero attached hydrogens (tertiary/aromatic N) is 3. The Morgan fingerprint density at radius 3 is 2.69 bits per heavy atom. The molecule has 2 N–H and O–H groups in total. The SMILES string of the molecule is Cc1cc(N(CCCN)CC(C)C)ncn1. The van der Waals surface area contributed by atoms with Crippen molar-refractivity contribution in [3.8, 4) is 0 Å². The maximum atomic E-state index is 5.56. The number of aryl methyl sites for hydroxylation is 1. The van der Waals surface area contributed by atoms with Gasteiger partial charge in [0.2, 0.25) is 0 Å². The minimum atomic E-state index is 0.619. The van der Waals surface area contributed by atoms with E-state index in [0.717, 1.165) is 37.6 Å². The molecule has 4 heteroatoms. The third-order valence-electron chi connectivity index (χ3n) is 2.33. The number of nitrogens with two attached hydrogens (primary N) is 1. The van der Waals surface area contributed by atoms with Crippen molar-refractivity contribution in [2.75, 3.05) is 24.5 Å². The number of hydrogen-bond acceptors (Lipinski definition) is 4. The van der Waals surface area contributed by atoms with Crippen LogP contribution in [0.3, 0.4) is 0 Å². The van der Waals surface area contributed by atoms with Gasteiger partial charge in [-0.3, -0.25) is 0 Å². The summed E-state index contributed by atoms with van der Waals surface area (Å²) in [6.45, 7) is 9.11. The van der Waals surface area contributed by atoms with Crippen LogP contribution in [0, 0.1) is 12.8 Å². The van der Waals surface area contributed by atoms with Gasteiger partial charge in [-0.2, -0.15) is 0 Å². The van der Waals surface area contributed by atoms with Gasteiger partial charge in [0.25, 0.3) is 0 Å². The number of rotatable bonds is 6. The number of hydrogen-bond donors (Lipinski definition) is 1. The molecule has 0 saturated heterocycles. The molecule has 0 aliphatic heterocycles. The second-order valence-corrected chi connectivity index (χ2v) is 4.50. The van der Waals surface area contributed by atoms with Crippen molar-refractivity contribution < 1.29 is 0 Å². The predicted molar refractivity (Wildman–Crippen MR) is 67.5 cm³/mol. The highest BCUT2D eigenvalue weighted by molar-refractivity contribution is 5.38. The molecule has 0 amide bonds. The molecule has 1 heterocycles. The molecule has 0 aliphatic carbocycles. The van der Waals surface area contributed by atoms with E-state index in [1.165, 1.54) is 0 Å². The van der Waals surface area contributed by atoms with E-state index in [2.05, 4.69) is 28.7 Å². The normalized spacial score (nSPS) is 10.8. The molecule has 0 bridgehead atoms. The van der Waals surface area contributed by atoms with Crippen molar-refractivity contribution in [2.24, 2.45) is 11.7 Å². The summed E-state index contributed by atoms with van der Waals surface area (Å²) >= 11 is 0. The summed E-state index contributed by atoms with van der Waals surface area (Å²) in [4.78, 5) is 10.7. The lowest BCUT2D eigenvalue weighted by atomic mass is 10.2. The van der Waals surface area contributed by atoms with E-state index in [1.807, 2.05) is 13.0 Å². The summed E-state index contributed by atoms with van der Waals surface area (Å²) < 4.78 is 0. The Kier molecular flexibility index (Phi) is 5.19. The monoisotopic (exact) mass is 222 g/mol. The molecule has 1 aromatic heterocycles. The highest BCUT2D eigenvalue weighted by atomic mass is 15.2. The van der Waals surface area contributed by atoms with Crippen LogP contribution in [0.25, 0.3) is 0 Å². The van der Waals surface area contributed by atoms with Gasteiger partial charge in [-0.05, 0) is 25.8 Å². The minimum Gasteiger partial charge on any atom is -0.356 e. The van der Waals surface area contributed by atoms with E-state index in [4.69, 9.17) is 5.73 Å². The molecule has 0 unspecified atom stereocenters. The molecule has 0 atom stereocenters. The van der Waals surface area contributed by atoms with Crippen molar-refractivity contribution in [1.82, 2.24) is 9.97 Å². The molecule has 0 saturated carbocycles. The molecule has 1 aromatic rings. The van der Waals surface area contributed by atoms with Crippen molar-refractivity contribution in [3.05, 3.63) is 18.1 Å². The third-order valence-corrected chi connectivity index (χ3v) is 2.33. The molecular weight excluding hydrogens is 200 g/mol. The van der Waals surface area contributed by atoms with Gasteiger partial charge >= 0.3 is 0 Å². The summed E-state index contributed by atoms with van der Waals surface area (Å²) in [7, 11) is 0. The maximum absolute atomic E-state index is 5.56. The van der Waals surface area contributed by atoms with E-state index in [9.17, 15) is 0 Å². The predicted octanol–water partition coefficient (Wildman–Crippen LogP) is 1.60. The van der Waals surface area contributed by atoms with Crippen LogP contribution in [0.1, 0.15) is 26.0 Å². The maximum Gasteiger partial charge on any atom is 0.132 e. The fraction of sp³-hybridized carbons (Fsp3) is 0.667. The van der Waals surface area contributed by atoms with E-state index < -0.39 is 0 Å². The highest BCUT2D eigenvalue weighted by Crippen LogP contribution is 2.13. The Hall–Kier alpha value is -1.16. The average molecular weight is 222 g/mol. The molecule has 0 radical (unpaired) electrons. The quantitative estimate of drug-likeness (QED) is 0.794. The molecule has 4 nitrogen and oxygen atoms in total. The van der Waals surface area contributed by atoms with Gasteiger partial charge < -0.3 is 10.6 Å². The first-order valence-corrected chi connectivity index (χ1v) is 5.87. The van der Waals surface area contributed by atoms with Gasteiger partial charge in [0, 0.05) is 24.8 Å². The second kappa shape index (κ2) is 6.43. The molecule has 0 spiro atoms. The highest BCUT2D eigenvalue weighted by Gasteiger charge is 2.09. The minimum absolute atomic E-state index is 0.619. The largest absolute Gasteiger partial charge is 0.356 e. The van der Waals surface area contributed by atoms with E-state index >= 15 is 0 Å². The van der Waals surface area contributed by atoms with Crippen LogP contribution in [-0.2, 0) is 0 Å². The molecular formula is C12H22N4. The zero-order valence-corrected chi connectivity index (χ0v) is 10.5. The van der Waals surface area contributed by atoms with Gasteiger partial charge in [-0.25, -0.2) is 9.97 Å². The molecule has 1 rings (SSSR count). The molecule has 90 valence electrons. The topological polar surface area (TPSA) is 55.0 Å². The molecule has 0 fully saturated rings. The molecule has 0 aromatic carbocycles. The van der Waals surface area contributed by atoms with Crippen LogP contribution in [0.4, 0.5) is 5.82 Å². The van der Waals surface area contributed by atoms with Crippen molar-refractivity contribution in [2.45, 2.75) is 27.2 Å². The van der Waals surface area contributed by atoms with Crippen molar-refractivity contribution in [3.63, 3.8) is 0 Å². The van der Waals surface area contributed by atoms with Crippen molar-refractivity contribution >= 4 is 5.82 Å². The molecule has 16 heavy (non-hydrogen) atoms. The van der Waals surface area contributed by atoms with Crippen LogP contribution in [0.2, 0.25) is 0 Å².